The lowest BCUT2D eigenvalue weighted by molar-refractivity contribution is 0.0772. The van der Waals surface area contributed by atoms with E-state index in [2.05, 4.69) is 17.2 Å². The average Bonchev–Trinajstić information content (AvgIpc) is 2.66. The quantitative estimate of drug-likeness (QED) is 0.419. The van der Waals surface area contributed by atoms with Gasteiger partial charge in [-0.1, -0.05) is 11.8 Å². The van der Waals surface area contributed by atoms with E-state index in [9.17, 15) is 4.79 Å². The molecule has 5 nitrogen and oxygen atoms in total. The molecule has 2 aromatic carbocycles. The van der Waals surface area contributed by atoms with Gasteiger partial charge in [-0.3, -0.25) is 10.2 Å². The Balaban J connectivity index is 1.99. The highest BCUT2D eigenvalue weighted by Crippen LogP contribution is 2.13. The number of nitrogens with one attached hydrogen (secondary N) is 2. The van der Waals surface area contributed by atoms with E-state index in [1.54, 1.807) is 12.1 Å². The Labute approximate surface area is 161 Å². The minimum Gasteiger partial charge on any atom is -0.384 e. The van der Waals surface area contributed by atoms with E-state index < -0.39 is 0 Å². The first-order chi connectivity index (χ1) is 13.0. The number of amidine groups is 1. The van der Waals surface area contributed by atoms with Gasteiger partial charge in [0.15, 0.2) is 0 Å². The zero-order valence-corrected chi connectivity index (χ0v) is 16.1. The van der Waals surface area contributed by atoms with Gasteiger partial charge in [0.05, 0.1) is 6.54 Å². The van der Waals surface area contributed by atoms with E-state index in [0.717, 1.165) is 22.4 Å². The first-order valence-corrected chi connectivity index (χ1v) is 9.03. The Morgan fingerprint density at radius 2 is 1.81 bits per heavy atom. The minimum absolute atomic E-state index is 0.0552. The third-order valence-electron chi connectivity index (χ3n) is 4.32. The Morgan fingerprint density at radius 3 is 2.37 bits per heavy atom. The third-order valence-corrected chi connectivity index (χ3v) is 4.32. The summed E-state index contributed by atoms with van der Waals surface area (Å²) in [7, 11) is 0. The maximum absolute atomic E-state index is 12.5. The number of carbonyl (C=O) groups is 1. The van der Waals surface area contributed by atoms with E-state index in [1.165, 1.54) is 0 Å². The summed E-state index contributed by atoms with van der Waals surface area (Å²) >= 11 is 0. The second-order valence-corrected chi connectivity index (χ2v) is 6.15. The van der Waals surface area contributed by atoms with Crippen LogP contribution in [0, 0.1) is 24.2 Å². The van der Waals surface area contributed by atoms with Crippen LogP contribution < -0.4 is 11.1 Å². The van der Waals surface area contributed by atoms with Crippen molar-refractivity contribution in [3.8, 4) is 11.8 Å². The molecule has 0 saturated heterocycles. The monoisotopic (exact) mass is 362 g/mol. The van der Waals surface area contributed by atoms with Crippen molar-refractivity contribution < 1.29 is 4.79 Å². The van der Waals surface area contributed by atoms with Crippen LogP contribution in [0.4, 0.5) is 5.69 Å². The van der Waals surface area contributed by atoms with Gasteiger partial charge in [0.1, 0.15) is 5.84 Å². The van der Waals surface area contributed by atoms with Crippen LogP contribution in [0.2, 0.25) is 0 Å². The molecule has 140 valence electrons. The highest BCUT2D eigenvalue weighted by molar-refractivity contribution is 5.96. The van der Waals surface area contributed by atoms with Crippen LogP contribution in [0.15, 0.2) is 42.5 Å². The molecule has 0 aliphatic heterocycles. The first kappa shape index (κ1) is 20.1. The van der Waals surface area contributed by atoms with Crippen molar-refractivity contribution in [1.29, 1.82) is 5.41 Å². The predicted octanol–water partition coefficient (Wildman–Crippen LogP) is 3.22. The minimum atomic E-state index is 0.0552. The van der Waals surface area contributed by atoms with Gasteiger partial charge in [0, 0.05) is 35.5 Å². The molecule has 0 aliphatic rings. The summed E-state index contributed by atoms with van der Waals surface area (Å²) < 4.78 is 0. The van der Waals surface area contributed by atoms with Crippen LogP contribution in [-0.4, -0.2) is 36.3 Å². The van der Waals surface area contributed by atoms with Gasteiger partial charge in [-0.15, -0.1) is 0 Å². The summed E-state index contributed by atoms with van der Waals surface area (Å²) in [5, 5.41) is 10.6. The van der Waals surface area contributed by atoms with E-state index in [0.29, 0.717) is 25.2 Å². The predicted molar refractivity (Wildman–Crippen MR) is 111 cm³/mol. The van der Waals surface area contributed by atoms with E-state index in [1.807, 2.05) is 56.0 Å². The van der Waals surface area contributed by atoms with Gasteiger partial charge in [-0.2, -0.15) is 0 Å². The molecule has 0 fully saturated rings. The lowest BCUT2D eigenvalue weighted by Crippen LogP contribution is -2.30. The summed E-state index contributed by atoms with van der Waals surface area (Å²) in [6, 6.07) is 13.0. The molecule has 0 aliphatic carbocycles. The van der Waals surface area contributed by atoms with Crippen LogP contribution in [0.3, 0.4) is 0 Å². The SMILES string of the molecule is CCN(CC)C(=O)c1ccc(C#CCNc2ccc(C(=N)N)cc2)cc1C. The summed E-state index contributed by atoms with van der Waals surface area (Å²) in [5.74, 6) is 6.32. The molecule has 27 heavy (non-hydrogen) atoms. The maximum Gasteiger partial charge on any atom is 0.254 e. The number of aryl methyl sites for hydroxylation is 1. The first-order valence-electron chi connectivity index (χ1n) is 9.03. The lowest BCUT2D eigenvalue weighted by Gasteiger charge is -2.19. The van der Waals surface area contributed by atoms with E-state index in [-0.39, 0.29) is 11.7 Å². The largest absolute Gasteiger partial charge is 0.384 e. The molecule has 4 N–H and O–H groups in total. The highest BCUT2D eigenvalue weighted by Gasteiger charge is 2.14. The van der Waals surface area contributed by atoms with Crippen molar-refractivity contribution in [3.05, 3.63) is 64.7 Å². The molecule has 2 aromatic rings. The van der Waals surface area contributed by atoms with Crippen LogP contribution in [0.25, 0.3) is 0 Å². The number of benzene rings is 2. The molecule has 5 heteroatoms. The summed E-state index contributed by atoms with van der Waals surface area (Å²) in [5.41, 5.74) is 9.61. The number of anilines is 1. The van der Waals surface area contributed by atoms with E-state index in [4.69, 9.17) is 11.1 Å². The second kappa shape index (κ2) is 9.44. The van der Waals surface area contributed by atoms with Gasteiger partial charge in [0.25, 0.3) is 5.91 Å². The van der Waals surface area contributed by atoms with Crippen molar-refractivity contribution in [2.45, 2.75) is 20.8 Å². The number of hydrogen-bond acceptors (Lipinski definition) is 3. The van der Waals surface area contributed by atoms with Crippen LogP contribution in [-0.2, 0) is 0 Å². The Morgan fingerprint density at radius 1 is 1.15 bits per heavy atom. The molecule has 0 atom stereocenters. The average molecular weight is 362 g/mol. The summed E-state index contributed by atoms with van der Waals surface area (Å²) in [4.78, 5) is 14.3. The van der Waals surface area contributed by atoms with Crippen molar-refractivity contribution in [2.24, 2.45) is 5.73 Å². The van der Waals surface area contributed by atoms with E-state index >= 15 is 0 Å². The van der Waals surface area contributed by atoms with Crippen molar-refractivity contribution >= 4 is 17.4 Å². The molecule has 0 saturated carbocycles. The van der Waals surface area contributed by atoms with Gasteiger partial charge >= 0.3 is 0 Å². The smallest absolute Gasteiger partial charge is 0.254 e. The second-order valence-electron chi connectivity index (χ2n) is 6.15. The van der Waals surface area contributed by atoms with Crippen molar-refractivity contribution in [3.63, 3.8) is 0 Å². The van der Waals surface area contributed by atoms with Crippen molar-refractivity contribution in [1.82, 2.24) is 4.90 Å². The van der Waals surface area contributed by atoms with Crippen LogP contribution in [0.5, 0.6) is 0 Å². The molecule has 2 rings (SSSR count). The zero-order chi connectivity index (χ0) is 19.8. The zero-order valence-electron chi connectivity index (χ0n) is 16.1. The van der Waals surface area contributed by atoms with Crippen LogP contribution in [0.1, 0.15) is 40.9 Å². The standard InChI is InChI=1S/C22H26N4O/c1-4-26(5-2)22(27)20-13-8-17(15-16(20)3)7-6-14-25-19-11-9-18(10-12-19)21(23)24/h8-13,15,25H,4-5,14H2,1-3H3,(H3,23,24). The van der Waals surface area contributed by atoms with Gasteiger partial charge in [-0.05, 0) is 68.8 Å². The van der Waals surface area contributed by atoms with Crippen molar-refractivity contribution in [2.75, 3.05) is 25.0 Å². The Kier molecular flexibility index (Phi) is 7.01. The normalized spacial score (nSPS) is 9.89. The third kappa shape index (κ3) is 5.35. The molecular weight excluding hydrogens is 336 g/mol. The molecule has 0 heterocycles. The highest BCUT2D eigenvalue weighted by atomic mass is 16.2. The molecule has 0 aromatic heterocycles. The Bertz CT molecular complexity index is 871. The number of nitrogen functional groups attached to an aromatic ring is 1. The molecule has 0 unspecified atom stereocenters. The number of rotatable bonds is 6. The number of hydrogen-bond donors (Lipinski definition) is 3. The van der Waals surface area contributed by atoms with Gasteiger partial charge in [-0.25, -0.2) is 0 Å². The molecule has 0 spiro atoms. The van der Waals surface area contributed by atoms with Gasteiger partial charge < -0.3 is 16.0 Å². The van der Waals surface area contributed by atoms with Gasteiger partial charge in [0.2, 0.25) is 0 Å². The number of amides is 1. The maximum atomic E-state index is 12.5. The van der Waals surface area contributed by atoms with Crippen LogP contribution >= 0.6 is 0 Å². The number of nitrogens with zero attached hydrogens (tertiary/aromatic N) is 1. The number of carbonyl (C=O) groups excluding carboxylic acids is 1. The lowest BCUT2D eigenvalue weighted by atomic mass is 10.0. The summed E-state index contributed by atoms with van der Waals surface area (Å²) in [6.07, 6.45) is 0. The fourth-order valence-electron chi connectivity index (χ4n) is 2.72. The molecule has 0 radical (unpaired) electrons. The summed E-state index contributed by atoms with van der Waals surface area (Å²) in [6.45, 7) is 7.81. The molecule has 0 bridgehead atoms. The fourth-order valence-corrected chi connectivity index (χ4v) is 2.72. The number of nitrogens with two attached hydrogens (primary N) is 1. The fraction of sp³-hybridized carbons (Fsp3) is 0.273. The molecule has 1 amide bonds. The topological polar surface area (TPSA) is 82.2 Å². The molecular formula is C22H26N4O. The Hall–Kier alpha value is -3.26.